The Morgan fingerprint density at radius 3 is 2.44 bits per heavy atom. The number of rotatable bonds is 0. The van der Waals surface area contributed by atoms with Crippen molar-refractivity contribution in [2.24, 2.45) is 0 Å². The van der Waals surface area contributed by atoms with Gasteiger partial charge in [-0.1, -0.05) is 0 Å². The van der Waals surface area contributed by atoms with Crippen LogP contribution in [0.1, 0.15) is 5.56 Å². The number of hydrogen-bond acceptors (Lipinski definition) is 3. The molecule has 0 radical (unpaired) electrons. The summed E-state index contributed by atoms with van der Waals surface area (Å²) in [5, 5.41) is 8.36. The van der Waals surface area contributed by atoms with Crippen LogP contribution in [-0.4, -0.2) is 4.98 Å². The molecule has 0 fully saturated rings. The standard InChI is InChI=1S/C5H6N4/c6-1-3-4(7)2-9-5(3)8/h2,9H,7-8H2. The number of aromatic amines is 1. The maximum atomic E-state index is 8.36. The monoisotopic (exact) mass is 122 g/mol. The van der Waals surface area contributed by atoms with E-state index in [1.807, 2.05) is 6.07 Å². The van der Waals surface area contributed by atoms with Gasteiger partial charge in [0.2, 0.25) is 0 Å². The number of H-pyrrole nitrogens is 1. The van der Waals surface area contributed by atoms with E-state index in [-0.39, 0.29) is 0 Å². The summed E-state index contributed by atoms with van der Waals surface area (Å²) in [6.45, 7) is 0. The van der Waals surface area contributed by atoms with Gasteiger partial charge in [-0.15, -0.1) is 0 Å². The summed E-state index contributed by atoms with van der Waals surface area (Å²) < 4.78 is 0. The van der Waals surface area contributed by atoms with Crippen LogP contribution in [0.4, 0.5) is 11.5 Å². The predicted molar refractivity (Wildman–Crippen MR) is 34.3 cm³/mol. The minimum absolute atomic E-state index is 0.329. The third-order valence-corrected chi connectivity index (χ3v) is 1.05. The second kappa shape index (κ2) is 1.71. The molecule has 0 aliphatic carbocycles. The molecule has 0 aliphatic heterocycles. The summed E-state index contributed by atoms with van der Waals surface area (Å²) in [4.78, 5) is 2.62. The lowest BCUT2D eigenvalue weighted by molar-refractivity contribution is 1.41. The second-order valence-electron chi connectivity index (χ2n) is 1.64. The first-order chi connectivity index (χ1) is 4.25. The number of anilines is 2. The van der Waals surface area contributed by atoms with E-state index in [9.17, 15) is 0 Å². The molecule has 4 heteroatoms. The van der Waals surface area contributed by atoms with Crippen LogP contribution in [0.2, 0.25) is 0 Å². The summed E-state index contributed by atoms with van der Waals surface area (Å²) in [5.74, 6) is 0.329. The van der Waals surface area contributed by atoms with Crippen molar-refractivity contribution in [3.05, 3.63) is 11.8 Å². The van der Waals surface area contributed by atoms with Gasteiger partial charge in [0.05, 0.1) is 5.69 Å². The summed E-state index contributed by atoms with van der Waals surface area (Å²) in [5.41, 5.74) is 11.3. The van der Waals surface area contributed by atoms with E-state index < -0.39 is 0 Å². The first-order valence-electron chi connectivity index (χ1n) is 2.38. The molecule has 5 N–H and O–H groups in total. The van der Waals surface area contributed by atoms with Gasteiger partial charge in [-0.05, 0) is 0 Å². The lowest BCUT2D eigenvalue weighted by atomic mass is 10.3. The molecule has 1 heterocycles. The van der Waals surface area contributed by atoms with Crippen LogP contribution in [0, 0.1) is 11.3 Å². The number of nitrogens with one attached hydrogen (secondary N) is 1. The zero-order valence-electron chi connectivity index (χ0n) is 4.68. The van der Waals surface area contributed by atoms with Crippen molar-refractivity contribution in [3.8, 4) is 6.07 Å². The van der Waals surface area contributed by atoms with E-state index in [1.54, 1.807) is 0 Å². The average Bonchev–Trinajstić information content (AvgIpc) is 2.12. The Labute approximate surface area is 52.1 Å². The van der Waals surface area contributed by atoms with Gasteiger partial charge in [-0.3, -0.25) is 0 Å². The Morgan fingerprint density at radius 2 is 2.22 bits per heavy atom. The van der Waals surface area contributed by atoms with Crippen LogP contribution < -0.4 is 11.5 Å². The Bertz CT molecular complexity index is 235. The normalized spacial score (nSPS) is 8.78. The summed E-state index contributed by atoms with van der Waals surface area (Å²) in [6, 6.07) is 1.86. The highest BCUT2D eigenvalue weighted by Crippen LogP contribution is 2.15. The van der Waals surface area contributed by atoms with Crippen molar-refractivity contribution >= 4 is 11.5 Å². The Hall–Kier alpha value is -1.63. The number of nitrogen functional groups attached to an aromatic ring is 2. The molecular formula is C5H6N4. The van der Waals surface area contributed by atoms with Gasteiger partial charge >= 0.3 is 0 Å². The Balaban J connectivity index is 3.27. The molecule has 0 aromatic carbocycles. The topological polar surface area (TPSA) is 91.6 Å². The fraction of sp³-hybridized carbons (Fsp3) is 0. The van der Waals surface area contributed by atoms with Gasteiger partial charge in [0.15, 0.2) is 0 Å². The third kappa shape index (κ3) is 0.681. The highest BCUT2D eigenvalue weighted by atomic mass is 14.9. The lowest BCUT2D eigenvalue weighted by Gasteiger charge is -1.84. The number of nitriles is 1. The largest absolute Gasteiger partial charge is 0.396 e. The lowest BCUT2D eigenvalue weighted by Crippen LogP contribution is -1.89. The van der Waals surface area contributed by atoms with Crippen LogP contribution in [0.5, 0.6) is 0 Å². The fourth-order valence-electron chi connectivity index (χ4n) is 0.580. The zero-order valence-corrected chi connectivity index (χ0v) is 4.68. The molecule has 0 unspecified atom stereocenters. The number of hydrogen-bond donors (Lipinski definition) is 3. The molecular weight excluding hydrogens is 116 g/mol. The van der Waals surface area contributed by atoms with Crippen LogP contribution in [0.25, 0.3) is 0 Å². The van der Waals surface area contributed by atoms with Gasteiger partial charge in [0, 0.05) is 6.20 Å². The molecule has 0 bridgehead atoms. The summed E-state index contributed by atoms with van der Waals surface area (Å²) in [6.07, 6.45) is 1.49. The van der Waals surface area contributed by atoms with Crippen molar-refractivity contribution < 1.29 is 0 Å². The maximum absolute atomic E-state index is 8.36. The van der Waals surface area contributed by atoms with Crippen molar-refractivity contribution in [2.75, 3.05) is 11.5 Å². The van der Waals surface area contributed by atoms with Crippen molar-refractivity contribution in [1.82, 2.24) is 4.98 Å². The highest BCUT2D eigenvalue weighted by molar-refractivity contribution is 5.64. The minimum Gasteiger partial charge on any atom is -0.396 e. The van der Waals surface area contributed by atoms with Gasteiger partial charge < -0.3 is 16.5 Å². The molecule has 0 spiro atoms. The molecule has 0 atom stereocenters. The van der Waals surface area contributed by atoms with E-state index in [0.29, 0.717) is 17.1 Å². The SMILES string of the molecule is N#Cc1c(N)c[nH]c1N. The Morgan fingerprint density at radius 1 is 1.56 bits per heavy atom. The van der Waals surface area contributed by atoms with E-state index in [2.05, 4.69) is 4.98 Å². The van der Waals surface area contributed by atoms with Crippen LogP contribution in [0.15, 0.2) is 6.20 Å². The smallest absolute Gasteiger partial charge is 0.121 e. The van der Waals surface area contributed by atoms with E-state index in [0.717, 1.165) is 0 Å². The summed E-state index contributed by atoms with van der Waals surface area (Å²) >= 11 is 0. The fourth-order valence-corrected chi connectivity index (χ4v) is 0.580. The number of nitrogens with two attached hydrogens (primary N) is 2. The number of nitrogens with zero attached hydrogens (tertiary/aromatic N) is 1. The second-order valence-corrected chi connectivity index (χ2v) is 1.64. The molecule has 1 rings (SSSR count). The van der Waals surface area contributed by atoms with Crippen molar-refractivity contribution in [3.63, 3.8) is 0 Å². The highest BCUT2D eigenvalue weighted by Gasteiger charge is 2.02. The molecule has 0 aliphatic rings. The molecule has 0 amide bonds. The van der Waals surface area contributed by atoms with Gasteiger partial charge in [-0.25, -0.2) is 0 Å². The molecule has 4 nitrogen and oxygen atoms in total. The molecule has 1 aromatic heterocycles. The van der Waals surface area contributed by atoms with E-state index in [1.165, 1.54) is 6.20 Å². The van der Waals surface area contributed by atoms with Crippen LogP contribution in [0.3, 0.4) is 0 Å². The average molecular weight is 122 g/mol. The molecule has 0 saturated carbocycles. The van der Waals surface area contributed by atoms with E-state index >= 15 is 0 Å². The number of aromatic nitrogens is 1. The van der Waals surface area contributed by atoms with Crippen LogP contribution in [-0.2, 0) is 0 Å². The first kappa shape index (κ1) is 5.51. The molecule has 9 heavy (non-hydrogen) atoms. The van der Waals surface area contributed by atoms with E-state index in [4.69, 9.17) is 16.7 Å². The van der Waals surface area contributed by atoms with Gasteiger partial charge in [0.1, 0.15) is 17.5 Å². The van der Waals surface area contributed by atoms with Crippen molar-refractivity contribution in [2.45, 2.75) is 0 Å². The quantitative estimate of drug-likeness (QED) is 0.454. The predicted octanol–water partition coefficient (Wildman–Crippen LogP) is 0.0508. The zero-order chi connectivity index (χ0) is 6.85. The first-order valence-corrected chi connectivity index (χ1v) is 2.38. The Kier molecular flexibility index (Phi) is 1.04. The van der Waals surface area contributed by atoms with Gasteiger partial charge in [-0.2, -0.15) is 5.26 Å². The molecule has 46 valence electrons. The third-order valence-electron chi connectivity index (χ3n) is 1.05. The summed E-state index contributed by atoms with van der Waals surface area (Å²) in [7, 11) is 0. The van der Waals surface area contributed by atoms with Crippen LogP contribution >= 0.6 is 0 Å². The van der Waals surface area contributed by atoms with Gasteiger partial charge in [0.25, 0.3) is 0 Å². The molecule has 1 aromatic rings. The molecule has 0 saturated heterocycles. The minimum atomic E-state index is 0.329. The maximum Gasteiger partial charge on any atom is 0.121 e. The van der Waals surface area contributed by atoms with Crippen molar-refractivity contribution in [1.29, 1.82) is 5.26 Å².